The van der Waals surface area contributed by atoms with Crippen molar-refractivity contribution in [1.82, 2.24) is 9.78 Å². The fourth-order valence-corrected chi connectivity index (χ4v) is 4.33. The summed E-state index contributed by atoms with van der Waals surface area (Å²) in [5, 5.41) is 6.74. The predicted octanol–water partition coefficient (Wildman–Crippen LogP) is 3.31. The first-order valence-corrected chi connectivity index (χ1v) is 9.11. The first kappa shape index (κ1) is 14.8. The lowest BCUT2D eigenvalue weighted by atomic mass is 10.2. The summed E-state index contributed by atoms with van der Waals surface area (Å²) < 4.78 is 7.53. The monoisotopic (exact) mass is 344 g/mol. The highest BCUT2D eigenvalue weighted by Crippen LogP contribution is 2.23. The number of nitrogens with zero attached hydrogens (tertiary/aromatic N) is 2. The lowest BCUT2D eigenvalue weighted by Gasteiger charge is -2.19. The van der Waals surface area contributed by atoms with E-state index in [-0.39, 0.29) is 0 Å². The molecule has 1 aromatic carbocycles. The molecular formula is C17H18N3OS2+. The molecule has 1 unspecified atom stereocenters. The highest BCUT2D eigenvalue weighted by Gasteiger charge is 2.31. The fourth-order valence-electron chi connectivity index (χ4n) is 3.23. The smallest absolute Gasteiger partial charge is 0.292 e. The molecule has 1 N–H and O–H groups in total. The van der Waals surface area contributed by atoms with Gasteiger partial charge in [0.05, 0.1) is 11.4 Å². The molecule has 1 aliphatic rings. The lowest BCUT2D eigenvalue weighted by molar-refractivity contribution is -0.941. The molecule has 1 saturated heterocycles. The van der Waals surface area contributed by atoms with Gasteiger partial charge in [0.1, 0.15) is 6.04 Å². The zero-order chi connectivity index (χ0) is 15.6. The van der Waals surface area contributed by atoms with E-state index in [9.17, 15) is 0 Å². The molecule has 4 rings (SSSR count). The Morgan fingerprint density at radius 2 is 2.13 bits per heavy atom. The summed E-state index contributed by atoms with van der Waals surface area (Å²) >= 11 is 7.21. The predicted molar refractivity (Wildman–Crippen MR) is 92.9 cm³/mol. The van der Waals surface area contributed by atoms with Crippen molar-refractivity contribution in [2.45, 2.75) is 25.6 Å². The summed E-state index contributed by atoms with van der Waals surface area (Å²) in [5.41, 5.74) is 0.962. The molecule has 2 atom stereocenters. The van der Waals surface area contributed by atoms with Crippen LogP contribution in [0.15, 0.2) is 52.3 Å². The van der Waals surface area contributed by atoms with Gasteiger partial charge in [-0.1, -0.05) is 24.3 Å². The third kappa shape index (κ3) is 3.02. The second-order valence-corrected chi connectivity index (χ2v) is 7.14. The van der Waals surface area contributed by atoms with Crippen molar-refractivity contribution >= 4 is 23.6 Å². The number of likely N-dealkylation sites (tertiary alicyclic amines) is 1. The van der Waals surface area contributed by atoms with Crippen molar-refractivity contribution in [2.24, 2.45) is 0 Å². The Morgan fingerprint density at radius 3 is 2.91 bits per heavy atom. The van der Waals surface area contributed by atoms with Crippen LogP contribution in [-0.2, 0) is 6.67 Å². The molecule has 0 amide bonds. The van der Waals surface area contributed by atoms with Crippen molar-refractivity contribution in [2.75, 3.05) is 6.54 Å². The van der Waals surface area contributed by atoms with Gasteiger partial charge >= 0.3 is 0 Å². The molecule has 0 saturated carbocycles. The molecule has 3 heterocycles. The van der Waals surface area contributed by atoms with E-state index in [1.807, 2.05) is 46.4 Å². The number of hydrogen-bond donors (Lipinski definition) is 1. The molecule has 3 aromatic rings. The lowest BCUT2D eigenvalue weighted by Crippen LogP contribution is -3.09. The van der Waals surface area contributed by atoms with Crippen molar-refractivity contribution < 1.29 is 9.32 Å². The summed E-state index contributed by atoms with van der Waals surface area (Å²) in [6, 6.07) is 14.8. The molecule has 6 heteroatoms. The van der Waals surface area contributed by atoms with Gasteiger partial charge < -0.3 is 9.32 Å². The number of benzene rings is 1. The maximum atomic E-state index is 5.69. The minimum absolute atomic E-state index is 0.452. The third-order valence-corrected chi connectivity index (χ3v) is 5.63. The van der Waals surface area contributed by atoms with Crippen molar-refractivity contribution in [1.29, 1.82) is 0 Å². The maximum Gasteiger partial charge on any atom is 0.292 e. The van der Waals surface area contributed by atoms with Crippen LogP contribution < -0.4 is 4.90 Å². The van der Waals surface area contributed by atoms with E-state index in [4.69, 9.17) is 16.6 Å². The van der Waals surface area contributed by atoms with E-state index in [1.165, 1.54) is 22.6 Å². The third-order valence-electron chi connectivity index (χ3n) is 4.35. The summed E-state index contributed by atoms with van der Waals surface area (Å²) in [7, 11) is 0. The Kier molecular flexibility index (Phi) is 4.11. The van der Waals surface area contributed by atoms with Gasteiger partial charge in [0.25, 0.3) is 4.84 Å². The summed E-state index contributed by atoms with van der Waals surface area (Å²) in [6.45, 7) is 1.91. The molecule has 0 spiro atoms. The topological polar surface area (TPSA) is 35.4 Å². The second-order valence-electron chi connectivity index (χ2n) is 5.82. The van der Waals surface area contributed by atoms with Crippen molar-refractivity contribution in [3.05, 3.63) is 57.6 Å². The average molecular weight is 344 g/mol. The van der Waals surface area contributed by atoms with Gasteiger partial charge in [-0.15, -0.1) is 16.4 Å². The standard InChI is InChI=1S/C17H17N3OS2/c22-17-20(18-16(21-17)13-6-2-1-3-7-13)12-19-10-4-8-14(19)15-9-5-11-23-15/h1-3,5-7,9,11,14H,4,8,10,12H2/p+1/t14-/m0/s1. The van der Waals surface area contributed by atoms with Crippen LogP contribution in [0.4, 0.5) is 0 Å². The number of quaternary nitrogens is 1. The SMILES string of the molecule is S=c1oc(-c2ccccc2)nn1C[NH+]1CCC[C@H]1c1cccs1. The van der Waals surface area contributed by atoms with Crippen molar-refractivity contribution in [3.8, 4) is 11.5 Å². The van der Waals surface area contributed by atoms with Crippen LogP contribution in [0.2, 0.25) is 0 Å². The van der Waals surface area contributed by atoms with Gasteiger partial charge in [-0.25, -0.2) is 0 Å². The Bertz CT molecular complexity index is 823. The molecule has 0 bridgehead atoms. The molecule has 1 fully saturated rings. The molecule has 0 radical (unpaired) electrons. The van der Waals surface area contributed by atoms with Crippen molar-refractivity contribution in [3.63, 3.8) is 0 Å². The molecular weight excluding hydrogens is 326 g/mol. The first-order chi connectivity index (χ1) is 11.3. The normalized spacial score (nSPS) is 20.9. The minimum atomic E-state index is 0.452. The van der Waals surface area contributed by atoms with E-state index in [0.29, 0.717) is 16.8 Å². The Hall–Kier alpha value is -1.76. The van der Waals surface area contributed by atoms with Crippen LogP contribution in [0.3, 0.4) is 0 Å². The number of rotatable bonds is 4. The van der Waals surface area contributed by atoms with E-state index in [2.05, 4.69) is 22.6 Å². The van der Waals surface area contributed by atoms with Gasteiger partial charge in [-0.3, -0.25) is 0 Å². The number of aromatic nitrogens is 2. The molecule has 1 aliphatic heterocycles. The van der Waals surface area contributed by atoms with Gasteiger partial charge in [0.2, 0.25) is 5.89 Å². The van der Waals surface area contributed by atoms with E-state index >= 15 is 0 Å². The second kappa shape index (κ2) is 6.39. The largest absolute Gasteiger partial charge is 0.409 e. The van der Waals surface area contributed by atoms with Gasteiger partial charge in [0, 0.05) is 18.4 Å². The van der Waals surface area contributed by atoms with Crippen LogP contribution in [0.5, 0.6) is 0 Å². The van der Waals surface area contributed by atoms with Crippen LogP contribution in [0.1, 0.15) is 23.8 Å². The van der Waals surface area contributed by atoms with Crippen LogP contribution in [-0.4, -0.2) is 16.3 Å². The van der Waals surface area contributed by atoms with Crippen LogP contribution in [0.25, 0.3) is 11.5 Å². The van der Waals surface area contributed by atoms with E-state index in [1.54, 1.807) is 0 Å². The van der Waals surface area contributed by atoms with Gasteiger partial charge in [0.15, 0.2) is 6.67 Å². The Balaban J connectivity index is 1.57. The quantitative estimate of drug-likeness (QED) is 0.738. The summed E-state index contributed by atoms with van der Waals surface area (Å²) in [5.74, 6) is 0.599. The number of hydrogen-bond acceptors (Lipinski definition) is 4. The summed E-state index contributed by atoms with van der Waals surface area (Å²) in [4.78, 5) is 3.42. The summed E-state index contributed by atoms with van der Waals surface area (Å²) in [6.07, 6.45) is 2.47. The number of thiophene rings is 1. The van der Waals surface area contributed by atoms with E-state index in [0.717, 1.165) is 18.8 Å². The molecule has 23 heavy (non-hydrogen) atoms. The Labute approximate surface area is 144 Å². The highest BCUT2D eigenvalue weighted by atomic mass is 32.1. The van der Waals surface area contributed by atoms with Gasteiger partial charge in [-0.2, -0.15) is 4.68 Å². The average Bonchev–Trinajstić information content (AvgIpc) is 3.30. The Morgan fingerprint density at radius 1 is 1.26 bits per heavy atom. The molecule has 4 nitrogen and oxygen atoms in total. The molecule has 0 aliphatic carbocycles. The van der Waals surface area contributed by atoms with Crippen LogP contribution in [0, 0.1) is 4.84 Å². The van der Waals surface area contributed by atoms with E-state index < -0.39 is 0 Å². The zero-order valence-electron chi connectivity index (χ0n) is 12.6. The fraction of sp³-hybridized carbons (Fsp3) is 0.294. The highest BCUT2D eigenvalue weighted by molar-refractivity contribution is 7.71. The number of nitrogens with one attached hydrogen (secondary N) is 1. The maximum absolute atomic E-state index is 5.69. The zero-order valence-corrected chi connectivity index (χ0v) is 14.3. The first-order valence-electron chi connectivity index (χ1n) is 7.82. The minimum Gasteiger partial charge on any atom is -0.409 e. The van der Waals surface area contributed by atoms with Gasteiger partial charge in [-0.05, 0) is 35.8 Å². The molecule has 118 valence electrons. The molecule has 2 aromatic heterocycles. The van der Waals surface area contributed by atoms with Crippen LogP contribution >= 0.6 is 23.6 Å².